The van der Waals surface area contributed by atoms with Crippen LogP contribution in [-0.4, -0.2) is 4.40 Å². The highest BCUT2D eigenvalue weighted by molar-refractivity contribution is 6.27. The fraction of sp³-hybridized carbons (Fsp3) is 0. The average Bonchev–Trinajstić information content (AvgIpc) is 3.40. The van der Waals surface area contributed by atoms with E-state index in [4.69, 9.17) is 0 Å². The Morgan fingerprint density at radius 2 is 1.00 bits per heavy atom. The summed E-state index contributed by atoms with van der Waals surface area (Å²) in [6, 6.07) is 41.2. The van der Waals surface area contributed by atoms with Crippen molar-refractivity contribution in [3.05, 3.63) is 115 Å². The van der Waals surface area contributed by atoms with Crippen molar-refractivity contribution in [3.63, 3.8) is 0 Å². The van der Waals surface area contributed by atoms with E-state index in [0.717, 1.165) is 11.1 Å². The molecule has 0 N–H and O–H groups in total. The molecular formula is C33H18N2. The van der Waals surface area contributed by atoms with Gasteiger partial charge in [0, 0.05) is 21.5 Å². The molecule has 0 saturated heterocycles. The molecule has 0 radical (unpaired) electrons. The fourth-order valence-electron chi connectivity index (χ4n) is 5.90. The molecule has 8 aromatic rings. The summed E-state index contributed by atoms with van der Waals surface area (Å²) >= 11 is 0. The SMILES string of the molecule is N#Cc1ccccc1-c1cc2c3cc4ccccc4cc3n3c4cc5ccccc5cc4c(c1)c23. The summed E-state index contributed by atoms with van der Waals surface area (Å²) < 4.78 is 2.44. The van der Waals surface area contributed by atoms with Gasteiger partial charge in [-0.05, 0) is 75.1 Å². The van der Waals surface area contributed by atoms with E-state index in [0.29, 0.717) is 5.56 Å². The Labute approximate surface area is 201 Å². The number of nitriles is 1. The first-order valence-corrected chi connectivity index (χ1v) is 11.8. The van der Waals surface area contributed by atoms with Crippen LogP contribution in [0.5, 0.6) is 0 Å². The Bertz CT molecular complexity index is 2050. The zero-order valence-corrected chi connectivity index (χ0v) is 18.8. The van der Waals surface area contributed by atoms with Crippen LogP contribution in [0.4, 0.5) is 0 Å². The van der Waals surface area contributed by atoms with E-state index in [9.17, 15) is 5.26 Å². The topological polar surface area (TPSA) is 28.2 Å². The van der Waals surface area contributed by atoms with E-state index in [1.54, 1.807) is 0 Å². The smallest absolute Gasteiger partial charge is 0.0998 e. The number of hydrogen-bond acceptors (Lipinski definition) is 1. The minimum absolute atomic E-state index is 0.699. The second-order valence-corrected chi connectivity index (χ2v) is 9.35. The maximum atomic E-state index is 9.80. The van der Waals surface area contributed by atoms with E-state index >= 15 is 0 Å². The van der Waals surface area contributed by atoms with Gasteiger partial charge in [-0.1, -0.05) is 66.7 Å². The summed E-state index contributed by atoms with van der Waals surface area (Å²) in [4.78, 5) is 0. The minimum atomic E-state index is 0.699. The Morgan fingerprint density at radius 1 is 0.514 bits per heavy atom. The Morgan fingerprint density at radius 3 is 1.54 bits per heavy atom. The van der Waals surface area contributed by atoms with Crippen molar-refractivity contribution in [2.75, 3.05) is 0 Å². The molecule has 8 rings (SSSR count). The van der Waals surface area contributed by atoms with Gasteiger partial charge in [-0.15, -0.1) is 0 Å². The molecule has 160 valence electrons. The number of hydrogen-bond donors (Lipinski definition) is 0. The largest absolute Gasteiger partial charge is 0.308 e. The van der Waals surface area contributed by atoms with E-state index in [2.05, 4.69) is 101 Å². The summed E-state index contributed by atoms with van der Waals surface area (Å²) in [7, 11) is 0. The summed E-state index contributed by atoms with van der Waals surface area (Å²) in [5, 5.41) is 19.7. The molecule has 0 saturated carbocycles. The number of benzene rings is 6. The molecule has 0 fully saturated rings. The Balaban J connectivity index is 1.65. The third-order valence-corrected chi connectivity index (χ3v) is 7.48. The van der Waals surface area contributed by atoms with Gasteiger partial charge >= 0.3 is 0 Å². The highest BCUT2D eigenvalue weighted by Crippen LogP contribution is 2.43. The first kappa shape index (κ1) is 18.5. The zero-order chi connectivity index (χ0) is 23.1. The van der Waals surface area contributed by atoms with Crippen LogP contribution in [-0.2, 0) is 0 Å². The van der Waals surface area contributed by atoms with Crippen molar-refractivity contribution in [3.8, 4) is 17.2 Å². The molecule has 0 atom stereocenters. The van der Waals surface area contributed by atoms with Crippen LogP contribution < -0.4 is 0 Å². The van der Waals surface area contributed by atoms with Crippen LogP contribution in [0.15, 0.2) is 109 Å². The molecule has 0 aliphatic carbocycles. The third kappa shape index (κ3) is 2.42. The zero-order valence-electron chi connectivity index (χ0n) is 18.8. The van der Waals surface area contributed by atoms with Gasteiger partial charge in [-0.2, -0.15) is 5.26 Å². The normalized spacial score (nSPS) is 12.0. The first-order valence-electron chi connectivity index (χ1n) is 11.8. The molecule has 2 heteroatoms. The predicted molar refractivity (Wildman–Crippen MR) is 146 cm³/mol. The van der Waals surface area contributed by atoms with E-state index in [1.807, 2.05) is 18.2 Å². The molecule has 2 aromatic heterocycles. The van der Waals surface area contributed by atoms with Crippen molar-refractivity contribution < 1.29 is 0 Å². The van der Waals surface area contributed by atoms with Crippen LogP contribution in [0.1, 0.15) is 5.56 Å². The molecule has 0 bridgehead atoms. The van der Waals surface area contributed by atoms with Crippen molar-refractivity contribution >= 4 is 59.6 Å². The lowest BCUT2D eigenvalue weighted by Crippen LogP contribution is -1.84. The standard InChI is InChI=1S/C33H18N2/c34-19-24-11-5-6-12-26(24)25-15-29-27-13-20-7-1-3-9-22(20)17-31(27)35-32-18-23-10-4-2-8-21(23)14-28(32)30(16-25)33(29)35/h1-18H. The lowest BCUT2D eigenvalue weighted by Gasteiger charge is -2.07. The van der Waals surface area contributed by atoms with Crippen molar-refractivity contribution in [1.82, 2.24) is 4.40 Å². The molecule has 35 heavy (non-hydrogen) atoms. The van der Waals surface area contributed by atoms with Gasteiger partial charge in [0.05, 0.1) is 28.2 Å². The molecule has 0 aliphatic rings. The van der Waals surface area contributed by atoms with Gasteiger partial charge in [0.2, 0.25) is 0 Å². The average molecular weight is 443 g/mol. The summed E-state index contributed by atoms with van der Waals surface area (Å²) in [5.41, 5.74) is 6.45. The molecule has 2 nitrogen and oxygen atoms in total. The van der Waals surface area contributed by atoms with Gasteiger partial charge in [0.1, 0.15) is 0 Å². The molecule has 0 aliphatic heterocycles. The van der Waals surface area contributed by atoms with Gasteiger partial charge in [0.15, 0.2) is 0 Å². The van der Waals surface area contributed by atoms with Crippen molar-refractivity contribution in [2.45, 2.75) is 0 Å². The lowest BCUT2D eigenvalue weighted by atomic mass is 9.95. The van der Waals surface area contributed by atoms with E-state index in [-0.39, 0.29) is 0 Å². The van der Waals surface area contributed by atoms with E-state index < -0.39 is 0 Å². The van der Waals surface area contributed by atoms with Crippen LogP contribution in [0.25, 0.3) is 70.8 Å². The maximum Gasteiger partial charge on any atom is 0.0998 e. The first-order chi connectivity index (χ1) is 17.3. The van der Waals surface area contributed by atoms with Crippen molar-refractivity contribution in [2.24, 2.45) is 0 Å². The number of aromatic nitrogens is 1. The summed E-state index contributed by atoms with van der Waals surface area (Å²) in [5.74, 6) is 0. The number of nitrogens with zero attached hydrogens (tertiary/aromatic N) is 2. The van der Waals surface area contributed by atoms with Crippen LogP contribution >= 0.6 is 0 Å². The van der Waals surface area contributed by atoms with Crippen molar-refractivity contribution in [1.29, 1.82) is 5.26 Å². The van der Waals surface area contributed by atoms with Crippen LogP contribution in [0, 0.1) is 11.3 Å². The second-order valence-electron chi connectivity index (χ2n) is 9.35. The molecule has 0 amide bonds. The molecular weight excluding hydrogens is 424 g/mol. The fourth-order valence-corrected chi connectivity index (χ4v) is 5.90. The van der Waals surface area contributed by atoms with Gasteiger partial charge in [-0.25, -0.2) is 0 Å². The number of fused-ring (bicyclic) bond motifs is 8. The quantitative estimate of drug-likeness (QED) is 0.250. The minimum Gasteiger partial charge on any atom is -0.308 e. The molecule has 2 heterocycles. The molecule has 0 unspecified atom stereocenters. The monoisotopic (exact) mass is 442 g/mol. The molecule has 0 spiro atoms. The van der Waals surface area contributed by atoms with Gasteiger partial charge in [0.25, 0.3) is 0 Å². The van der Waals surface area contributed by atoms with Gasteiger partial charge < -0.3 is 4.40 Å². The highest BCUT2D eigenvalue weighted by atomic mass is 14.9. The van der Waals surface area contributed by atoms with Gasteiger partial charge in [-0.3, -0.25) is 0 Å². The summed E-state index contributed by atoms with van der Waals surface area (Å²) in [6.07, 6.45) is 0. The third-order valence-electron chi connectivity index (χ3n) is 7.48. The number of rotatable bonds is 1. The highest BCUT2D eigenvalue weighted by Gasteiger charge is 2.20. The van der Waals surface area contributed by atoms with E-state index in [1.165, 1.54) is 59.6 Å². The maximum absolute atomic E-state index is 9.80. The Kier molecular flexibility index (Phi) is 3.49. The van der Waals surface area contributed by atoms with Crippen LogP contribution in [0.2, 0.25) is 0 Å². The Hall–Kier alpha value is -4.87. The second kappa shape index (κ2) is 6.59. The van der Waals surface area contributed by atoms with Crippen LogP contribution in [0.3, 0.4) is 0 Å². The molecule has 6 aromatic carbocycles. The summed E-state index contributed by atoms with van der Waals surface area (Å²) in [6.45, 7) is 0. The predicted octanol–water partition coefficient (Wildman–Crippen LogP) is 8.68. The lowest BCUT2D eigenvalue weighted by molar-refractivity contribution is 1.38.